The molecule has 2 aliphatic heterocycles. The molecule has 13 atom stereocenters. The molecule has 4 saturated carbocycles. The lowest BCUT2D eigenvalue weighted by Gasteiger charge is -2.63. The Kier molecular flexibility index (Phi) is 6.60. The van der Waals surface area contributed by atoms with Crippen LogP contribution in [0.3, 0.4) is 0 Å². The molecule has 9 heteroatoms. The first-order valence-electron chi connectivity index (χ1n) is 14.4. The maximum atomic E-state index is 12.9. The van der Waals surface area contributed by atoms with Gasteiger partial charge in [-0.15, -0.1) is 0 Å². The van der Waals surface area contributed by atoms with Crippen LogP contribution >= 0.6 is 0 Å². The number of aldehydes is 1. The van der Waals surface area contributed by atoms with Gasteiger partial charge in [0.15, 0.2) is 6.29 Å². The van der Waals surface area contributed by atoms with E-state index < -0.39 is 41.7 Å². The zero-order chi connectivity index (χ0) is 27.0. The first kappa shape index (κ1) is 26.8. The zero-order valence-corrected chi connectivity index (χ0v) is 22.3. The molecule has 0 aromatic rings. The number of carbonyl (C=O) groups is 2. The standard InChI is InChI=1S/C29H42O9/c1-15-23(32)24(33)25(34)26(37-15)38-18-5-9-28(14-30)17(12-18)3-4-21-20(28)6-8-27(2)19(7-10-29(21,27)35)16-11-22(31)36-13-16/h11,14-15,17-21,23-26,32-35H,3-10,12-13H2,1-2H3/t15-,17-,18+,19-,20-,21+,23-,24-,25-,26-,27-,28-,29+/m1/s1. The van der Waals surface area contributed by atoms with Gasteiger partial charge in [-0.1, -0.05) is 6.92 Å². The van der Waals surface area contributed by atoms with Crippen LogP contribution in [0.1, 0.15) is 71.6 Å². The molecule has 4 N–H and O–H groups in total. The number of fused-ring (bicyclic) bond motifs is 5. The largest absolute Gasteiger partial charge is 0.458 e. The lowest BCUT2D eigenvalue weighted by molar-refractivity contribution is -0.309. The van der Waals surface area contributed by atoms with Crippen LogP contribution in [0, 0.1) is 34.5 Å². The lowest BCUT2D eigenvalue weighted by atomic mass is 9.43. The van der Waals surface area contributed by atoms with Crippen molar-refractivity contribution >= 4 is 12.3 Å². The van der Waals surface area contributed by atoms with Gasteiger partial charge in [0.05, 0.1) is 17.8 Å². The van der Waals surface area contributed by atoms with Crippen LogP contribution in [-0.2, 0) is 23.8 Å². The summed E-state index contributed by atoms with van der Waals surface area (Å²) in [5.41, 5.74) is -0.739. The first-order valence-corrected chi connectivity index (χ1v) is 14.4. The van der Waals surface area contributed by atoms with Gasteiger partial charge in [-0.2, -0.15) is 0 Å². The van der Waals surface area contributed by atoms with Crippen LogP contribution in [0.2, 0.25) is 0 Å². The van der Waals surface area contributed by atoms with Crippen LogP contribution in [0.25, 0.3) is 0 Å². The maximum absolute atomic E-state index is 12.9. The Balaban J connectivity index is 1.19. The minimum absolute atomic E-state index is 0.0322. The number of aliphatic hydroxyl groups excluding tert-OH is 3. The van der Waals surface area contributed by atoms with Crippen LogP contribution in [0.15, 0.2) is 11.6 Å². The fourth-order valence-electron chi connectivity index (χ4n) is 9.73. The van der Waals surface area contributed by atoms with E-state index in [-0.39, 0.29) is 41.2 Å². The number of esters is 1. The highest BCUT2D eigenvalue weighted by Gasteiger charge is 2.68. The van der Waals surface area contributed by atoms with E-state index in [4.69, 9.17) is 14.2 Å². The molecule has 0 unspecified atom stereocenters. The molecule has 38 heavy (non-hydrogen) atoms. The normalized spacial score (nSPS) is 54.4. The summed E-state index contributed by atoms with van der Waals surface area (Å²) in [4.78, 5) is 24.7. The second kappa shape index (κ2) is 9.35. The molecule has 0 aromatic heterocycles. The summed E-state index contributed by atoms with van der Waals surface area (Å²) in [7, 11) is 0. The molecular weight excluding hydrogens is 492 g/mol. The maximum Gasteiger partial charge on any atom is 0.331 e. The van der Waals surface area contributed by atoms with Crippen molar-refractivity contribution in [1.29, 1.82) is 0 Å². The Bertz CT molecular complexity index is 999. The van der Waals surface area contributed by atoms with Crippen LogP contribution in [-0.4, -0.2) is 81.7 Å². The monoisotopic (exact) mass is 534 g/mol. The number of aliphatic hydroxyl groups is 4. The fourth-order valence-corrected chi connectivity index (χ4v) is 9.73. The van der Waals surface area contributed by atoms with Gasteiger partial charge >= 0.3 is 5.97 Å². The summed E-state index contributed by atoms with van der Waals surface area (Å²) < 4.78 is 17.0. The second-order valence-corrected chi connectivity index (χ2v) is 13.2. The van der Waals surface area contributed by atoms with E-state index in [1.165, 1.54) is 6.29 Å². The summed E-state index contributed by atoms with van der Waals surface area (Å²) >= 11 is 0. The van der Waals surface area contributed by atoms with Crippen molar-refractivity contribution < 1.29 is 44.2 Å². The van der Waals surface area contributed by atoms with Crippen LogP contribution in [0.5, 0.6) is 0 Å². The Morgan fingerprint density at radius 2 is 1.79 bits per heavy atom. The smallest absolute Gasteiger partial charge is 0.331 e. The molecule has 6 rings (SSSR count). The Hall–Kier alpha value is -1.36. The third kappa shape index (κ3) is 3.72. The van der Waals surface area contributed by atoms with Gasteiger partial charge in [0.25, 0.3) is 0 Å². The first-order chi connectivity index (χ1) is 18.0. The third-order valence-electron chi connectivity index (χ3n) is 11.9. The molecule has 5 fully saturated rings. The molecule has 0 radical (unpaired) electrons. The number of rotatable bonds is 4. The Morgan fingerprint density at radius 1 is 1.00 bits per heavy atom. The van der Waals surface area contributed by atoms with Gasteiger partial charge in [0, 0.05) is 16.9 Å². The quantitative estimate of drug-likeness (QED) is 0.240. The summed E-state index contributed by atoms with van der Waals surface area (Å²) in [6.45, 7) is 4.13. The lowest BCUT2D eigenvalue weighted by Crippen LogP contribution is -2.63. The second-order valence-electron chi connectivity index (χ2n) is 13.2. The molecule has 0 aromatic carbocycles. The highest BCUT2D eigenvalue weighted by Crippen LogP contribution is 2.69. The van der Waals surface area contributed by atoms with Crippen molar-refractivity contribution in [1.82, 2.24) is 0 Å². The van der Waals surface area contributed by atoms with Crippen LogP contribution in [0.4, 0.5) is 0 Å². The molecule has 4 aliphatic carbocycles. The van der Waals surface area contributed by atoms with Gasteiger partial charge in [-0.25, -0.2) is 4.79 Å². The van der Waals surface area contributed by atoms with Crippen molar-refractivity contribution in [3.05, 3.63) is 11.6 Å². The van der Waals surface area contributed by atoms with E-state index in [9.17, 15) is 30.0 Å². The Labute approximate surface area is 223 Å². The number of ether oxygens (including phenoxy) is 3. The van der Waals surface area contributed by atoms with Crippen molar-refractivity contribution in [2.75, 3.05) is 6.61 Å². The molecule has 0 bridgehead atoms. The molecular formula is C29H42O9. The number of cyclic esters (lactones) is 1. The zero-order valence-electron chi connectivity index (χ0n) is 22.3. The predicted molar refractivity (Wildman–Crippen MR) is 133 cm³/mol. The highest BCUT2D eigenvalue weighted by atomic mass is 16.7. The van der Waals surface area contributed by atoms with Gasteiger partial charge in [0.1, 0.15) is 31.2 Å². The topological polar surface area (TPSA) is 143 Å². The van der Waals surface area contributed by atoms with Crippen molar-refractivity contribution in [2.45, 2.75) is 114 Å². The molecule has 9 nitrogen and oxygen atoms in total. The highest BCUT2D eigenvalue weighted by molar-refractivity contribution is 5.85. The van der Waals surface area contributed by atoms with E-state index in [0.717, 1.165) is 37.7 Å². The van der Waals surface area contributed by atoms with Crippen LogP contribution < -0.4 is 0 Å². The van der Waals surface area contributed by atoms with Gasteiger partial charge in [-0.3, -0.25) is 0 Å². The molecule has 0 amide bonds. The average molecular weight is 535 g/mol. The molecule has 212 valence electrons. The van der Waals surface area contributed by atoms with E-state index in [2.05, 4.69) is 6.92 Å². The molecule has 6 aliphatic rings. The summed E-state index contributed by atoms with van der Waals surface area (Å²) in [5, 5.41) is 42.9. The van der Waals surface area contributed by atoms with Crippen molar-refractivity contribution in [3.8, 4) is 0 Å². The van der Waals surface area contributed by atoms with E-state index in [0.29, 0.717) is 32.3 Å². The van der Waals surface area contributed by atoms with Crippen molar-refractivity contribution in [2.24, 2.45) is 34.5 Å². The SMILES string of the molecule is C[C@H]1O[C@H](O[C@H]2CC[C@@]3(C=O)[C@H](CC[C@H]4[C@H]3CC[C@]3(C)[C@@H](C5=CC(=O)OC5)CC[C@]43O)C2)[C@H](O)[C@H](O)[C@@H]1O. The summed E-state index contributed by atoms with van der Waals surface area (Å²) in [5.74, 6) is 0.0678. The van der Waals surface area contributed by atoms with Gasteiger partial charge in [0.2, 0.25) is 0 Å². The van der Waals surface area contributed by atoms with E-state index in [1.54, 1.807) is 13.0 Å². The van der Waals surface area contributed by atoms with Gasteiger partial charge in [-0.05, 0) is 94.0 Å². The minimum Gasteiger partial charge on any atom is -0.458 e. The van der Waals surface area contributed by atoms with Crippen molar-refractivity contribution in [3.63, 3.8) is 0 Å². The summed E-state index contributed by atoms with van der Waals surface area (Å²) in [6, 6.07) is 0. The minimum atomic E-state index is -1.34. The fraction of sp³-hybridized carbons (Fsp3) is 0.862. The number of hydrogen-bond acceptors (Lipinski definition) is 9. The van der Waals surface area contributed by atoms with E-state index >= 15 is 0 Å². The average Bonchev–Trinajstić information content (AvgIpc) is 3.45. The number of hydrogen-bond donors (Lipinski definition) is 4. The summed E-state index contributed by atoms with van der Waals surface area (Å²) in [6.07, 6.45) is 3.80. The van der Waals surface area contributed by atoms with Gasteiger partial charge < -0.3 is 39.4 Å². The molecule has 0 spiro atoms. The Morgan fingerprint density at radius 3 is 2.50 bits per heavy atom. The predicted octanol–water partition coefficient (Wildman–Crippen LogP) is 1.64. The number of carbonyl (C=O) groups excluding carboxylic acids is 2. The molecule has 2 heterocycles. The third-order valence-corrected chi connectivity index (χ3v) is 11.9. The molecule has 1 saturated heterocycles. The van der Waals surface area contributed by atoms with E-state index in [1.807, 2.05) is 0 Å².